The third-order valence-electron chi connectivity index (χ3n) is 3.53. The molecule has 8 heteroatoms. The third-order valence-corrected chi connectivity index (χ3v) is 3.53. The Labute approximate surface area is 108 Å². The van der Waals surface area contributed by atoms with E-state index in [0.29, 0.717) is 32.0 Å². The summed E-state index contributed by atoms with van der Waals surface area (Å²) in [5.41, 5.74) is 5.19. The van der Waals surface area contributed by atoms with Gasteiger partial charge in [-0.25, -0.2) is 0 Å². The Morgan fingerprint density at radius 3 is 2.32 bits per heavy atom. The first-order valence-corrected chi connectivity index (χ1v) is 6.17. The van der Waals surface area contributed by atoms with E-state index in [1.807, 2.05) is 0 Å². The Bertz CT molecular complexity index is 435. The van der Waals surface area contributed by atoms with Gasteiger partial charge in [-0.1, -0.05) is 5.16 Å². The molecule has 1 aromatic heterocycles. The van der Waals surface area contributed by atoms with Gasteiger partial charge in [-0.15, -0.1) is 0 Å². The molecular formula is C11H17F3N4O. The van der Waals surface area contributed by atoms with E-state index in [1.165, 1.54) is 0 Å². The molecule has 108 valence electrons. The van der Waals surface area contributed by atoms with Crippen molar-refractivity contribution in [3.8, 4) is 0 Å². The molecule has 0 amide bonds. The molecule has 19 heavy (non-hydrogen) atoms. The Balaban J connectivity index is 2.12. The molecule has 0 bridgehead atoms. The summed E-state index contributed by atoms with van der Waals surface area (Å²) in [6.07, 6.45) is -3.59. The molecule has 1 aromatic rings. The second kappa shape index (κ2) is 4.75. The molecule has 0 spiro atoms. The van der Waals surface area contributed by atoms with Crippen LogP contribution in [0.3, 0.4) is 0 Å². The standard InChI is InChI=1S/C11H17F3N4O/c1-7(2)18-5-3-10(15,4-6-18)8-16-9(19-17-8)11(12,13)14/h7H,3-6,15H2,1-2H3. The van der Waals surface area contributed by atoms with Crippen molar-refractivity contribution < 1.29 is 17.7 Å². The number of hydrogen-bond acceptors (Lipinski definition) is 5. The second-order valence-electron chi connectivity index (χ2n) is 5.21. The largest absolute Gasteiger partial charge is 0.471 e. The topological polar surface area (TPSA) is 68.2 Å². The summed E-state index contributed by atoms with van der Waals surface area (Å²) < 4.78 is 41.5. The highest BCUT2D eigenvalue weighted by Crippen LogP contribution is 2.32. The van der Waals surface area contributed by atoms with Crippen LogP contribution in [-0.2, 0) is 11.7 Å². The molecule has 0 saturated carbocycles. The first kappa shape index (κ1) is 14.3. The highest BCUT2D eigenvalue weighted by molar-refractivity contribution is 5.07. The molecule has 0 atom stereocenters. The zero-order valence-corrected chi connectivity index (χ0v) is 10.9. The summed E-state index contributed by atoms with van der Waals surface area (Å²) >= 11 is 0. The lowest BCUT2D eigenvalue weighted by Gasteiger charge is -2.39. The minimum Gasteiger partial charge on any atom is -0.329 e. The van der Waals surface area contributed by atoms with Gasteiger partial charge in [0, 0.05) is 19.1 Å². The van der Waals surface area contributed by atoms with E-state index < -0.39 is 17.6 Å². The van der Waals surface area contributed by atoms with Crippen LogP contribution in [-0.4, -0.2) is 34.2 Å². The van der Waals surface area contributed by atoms with Crippen LogP contribution < -0.4 is 5.73 Å². The van der Waals surface area contributed by atoms with Crippen molar-refractivity contribution >= 4 is 0 Å². The Kier molecular flexibility index (Phi) is 3.57. The number of halogens is 3. The predicted molar refractivity (Wildman–Crippen MR) is 61.1 cm³/mol. The fourth-order valence-electron chi connectivity index (χ4n) is 2.20. The van der Waals surface area contributed by atoms with Crippen LogP contribution in [0.5, 0.6) is 0 Å². The van der Waals surface area contributed by atoms with Crippen LogP contribution in [0.15, 0.2) is 4.52 Å². The van der Waals surface area contributed by atoms with Gasteiger partial charge in [0.2, 0.25) is 0 Å². The van der Waals surface area contributed by atoms with Crippen molar-refractivity contribution in [3.05, 3.63) is 11.7 Å². The molecule has 2 N–H and O–H groups in total. The second-order valence-corrected chi connectivity index (χ2v) is 5.21. The lowest BCUT2D eigenvalue weighted by Crippen LogP contribution is -2.50. The lowest BCUT2D eigenvalue weighted by molar-refractivity contribution is -0.159. The van der Waals surface area contributed by atoms with E-state index in [4.69, 9.17) is 5.73 Å². The highest BCUT2D eigenvalue weighted by atomic mass is 19.4. The maximum atomic E-state index is 12.4. The number of aromatic nitrogens is 2. The Morgan fingerprint density at radius 1 is 1.32 bits per heavy atom. The van der Waals surface area contributed by atoms with Gasteiger partial charge in [0.1, 0.15) is 0 Å². The number of alkyl halides is 3. The van der Waals surface area contributed by atoms with Crippen molar-refractivity contribution in [1.82, 2.24) is 15.0 Å². The van der Waals surface area contributed by atoms with Crippen molar-refractivity contribution in [3.63, 3.8) is 0 Å². The minimum atomic E-state index is -4.62. The first-order chi connectivity index (χ1) is 8.72. The number of piperidine rings is 1. The molecule has 0 aromatic carbocycles. The van der Waals surface area contributed by atoms with E-state index >= 15 is 0 Å². The number of rotatable bonds is 2. The molecule has 1 saturated heterocycles. The van der Waals surface area contributed by atoms with Gasteiger partial charge in [-0.3, -0.25) is 0 Å². The molecular weight excluding hydrogens is 261 g/mol. The summed E-state index contributed by atoms with van der Waals surface area (Å²) in [6.45, 7) is 5.56. The van der Waals surface area contributed by atoms with Gasteiger partial charge in [-0.05, 0) is 26.7 Å². The lowest BCUT2D eigenvalue weighted by atomic mass is 9.87. The molecule has 2 rings (SSSR count). The van der Waals surface area contributed by atoms with Crippen molar-refractivity contribution in [2.45, 2.75) is 44.4 Å². The molecule has 0 radical (unpaired) electrons. The van der Waals surface area contributed by atoms with Crippen molar-refractivity contribution in [2.24, 2.45) is 5.73 Å². The zero-order valence-electron chi connectivity index (χ0n) is 10.9. The van der Waals surface area contributed by atoms with Crippen LogP contribution in [0.25, 0.3) is 0 Å². The molecule has 0 unspecified atom stereocenters. The maximum Gasteiger partial charge on any atom is 0.471 e. The number of hydrogen-bond donors (Lipinski definition) is 1. The molecule has 1 aliphatic heterocycles. The summed E-state index contributed by atoms with van der Waals surface area (Å²) in [5.74, 6) is -1.39. The summed E-state index contributed by atoms with van der Waals surface area (Å²) in [6, 6.07) is 0.389. The molecule has 1 fully saturated rings. The average molecular weight is 278 g/mol. The van der Waals surface area contributed by atoms with Gasteiger partial charge in [0.25, 0.3) is 0 Å². The molecule has 1 aliphatic rings. The zero-order chi connectivity index (χ0) is 14.3. The van der Waals surface area contributed by atoms with Crippen molar-refractivity contribution in [2.75, 3.05) is 13.1 Å². The van der Waals surface area contributed by atoms with Crippen LogP contribution in [0.2, 0.25) is 0 Å². The van der Waals surface area contributed by atoms with Crippen LogP contribution in [0, 0.1) is 0 Å². The summed E-state index contributed by atoms with van der Waals surface area (Å²) in [7, 11) is 0. The van der Waals surface area contributed by atoms with E-state index in [1.54, 1.807) is 0 Å². The number of nitrogens with zero attached hydrogens (tertiary/aromatic N) is 3. The monoisotopic (exact) mass is 278 g/mol. The van der Waals surface area contributed by atoms with E-state index in [9.17, 15) is 13.2 Å². The Morgan fingerprint density at radius 2 is 1.89 bits per heavy atom. The van der Waals surface area contributed by atoms with Gasteiger partial charge >= 0.3 is 12.1 Å². The third kappa shape index (κ3) is 2.89. The fourth-order valence-corrected chi connectivity index (χ4v) is 2.20. The van der Waals surface area contributed by atoms with E-state index in [0.717, 1.165) is 0 Å². The first-order valence-electron chi connectivity index (χ1n) is 6.17. The number of likely N-dealkylation sites (tertiary alicyclic amines) is 1. The Hall–Kier alpha value is -1.15. The van der Waals surface area contributed by atoms with Gasteiger partial charge < -0.3 is 15.2 Å². The fraction of sp³-hybridized carbons (Fsp3) is 0.818. The molecule has 0 aliphatic carbocycles. The molecule has 5 nitrogen and oxygen atoms in total. The SMILES string of the molecule is CC(C)N1CCC(N)(c2noc(C(F)(F)F)n2)CC1. The maximum absolute atomic E-state index is 12.4. The van der Waals surface area contributed by atoms with Crippen LogP contribution in [0.1, 0.15) is 38.4 Å². The van der Waals surface area contributed by atoms with E-state index in [-0.39, 0.29) is 5.82 Å². The minimum absolute atomic E-state index is 0.0526. The van der Waals surface area contributed by atoms with Gasteiger partial charge in [0.05, 0.1) is 5.54 Å². The summed E-state index contributed by atoms with van der Waals surface area (Å²) in [4.78, 5) is 5.62. The van der Waals surface area contributed by atoms with Gasteiger partial charge in [0.15, 0.2) is 5.82 Å². The molecule has 2 heterocycles. The predicted octanol–water partition coefficient (Wildman–Crippen LogP) is 1.75. The van der Waals surface area contributed by atoms with Crippen molar-refractivity contribution in [1.29, 1.82) is 0 Å². The van der Waals surface area contributed by atoms with E-state index in [2.05, 4.69) is 33.4 Å². The smallest absolute Gasteiger partial charge is 0.329 e. The van der Waals surface area contributed by atoms with Crippen LogP contribution in [0.4, 0.5) is 13.2 Å². The highest BCUT2D eigenvalue weighted by Gasteiger charge is 2.42. The number of nitrogens with two attached hydrogens (primary N) is 1. The quantitative estimate of drug-likeness (QED) is 0.892. The summed E-state index contributed by atoms with van der Waals surface area (Å²) in [5, 5.41) is 3.40. The average Bonchev–Trinajstić information content (AvgIpc) is 2.79. The van der Waals surface area contributed by atoms with Crippen LogP contribution >= 0.6 is 0 Å². The normalized spacial score (nSPS) is 21.0. The van der Waals surface area contributed by atoms with Gasteiger partial charge in [-0.2, -0.15) is 18.2 Å².